The van der Waals surface area contributed by atoms with E-state index in [1.807, 2.05) is 30.3 Å². The zero-order chi connectivity index (χ0) is 17.2. The van der Waals surface area contributed by atoms with Crippen molar-refractivity contribution in [3.05, 3.63) is 78.4 Å². The predicted octanol–water partition coefficient (Wildman–Crippen LogP) is 4.35. The fourth-order valence-corrected chi connectivity index (χ4v) is 2.80. The van der Waals surface area contributed by atoms with E-state index in [4.69, 9.17) is 0 Å². The number of halogens is 1. The normalized spacial score (nSPS) is 13.5. The molecule has 0 saturated heterocycles. The van der Waals surface area contributed by atoms with Gasteiger partial charge in [0.25, 0.3) is 0 Å². The molecule has 0 saturated carbocycles. The molecule has 1 amide bonds. The van der Waals surface area contributed by atoms with Gasteiger partial charge in [-0.2, -0.15) is 0 Å². The van der Waals surface area contributed by atoms with Gasteiger partial charge in [0, 0.05) is 12.4 Å². The number of pyridine rings is 1. The van der Waals surface area contributed by atoms with E-state index >= 15 is 0 Å². The summed E-state index contributed by atoms with van der Waals surface area (Å²) >= 11 is 0. The summed E-state index contributed by atoms with van der Waals surface area (Å²) in [5.74, 6) is -0.399. The van der Waals surface area contributed by atoms with Gasteiger partial charge in [0.2, 0.25) is 5.91 Å². The summed E-state index contributed by atoms with van der Waals surface area (Å²) in [6, 6.07) is 15.6. The van der Waals surface area contributed by atoms with E-state index in [9.17, 15) is 9.18 Å². The number of amides is 1. The fourth-order valence-electron chi connectivity index (χ4n) is 2.80. The Morgan fingerprint density at radius 2 is 1.60 bits per heavy atom. The second-order valence-corrected chi connectivity index (χ2v) is 5.76. The number of nitrogens with one attached hydrogen (secondary N) is 1. The number of benzene rings is 2. The van der Waals surface area contributed by atoms with Crippen LogP contribution in [0.4, 0.5) is 15.8 Å². The minimum atomic E-state index is -0.279. The van der Waals surface area contributed by atoms with Crippen LogP contribution >= 0.6 is 0 Å². The van der Waals surface area contributed by atoms with Crippen LogP contribution in [0.5, 0.6) is 0 Å². The molecule has 0 aliphatic carbocycles. The summed E-state index contributed by atoms with van der Waals surface area (Å²) in [4.78, 5) is 20.9. The third-order valence-electron chi connectivity index (χ3n) is 4.05. The molecule has 0 spiro atoms. The molecule has 0 atom stereocenters. The number of nitrogens with zero attached hydrogens (tertiary/aromatic N) is 2. The van der Waals surface area contributed by atoms with Crippen molar-refractivity contribution in [2.24, 2.45) is 4.99 Å². The van der Waals surface area contributed by atoms with Gasteiger partial charge >= 0.3 is 0 Å². The molecule has 1 N–H and O–H groups in total. The van der Waals surface area contributed by atoms with Crippen molar-refractivity contribution in [3.8, 4) is 11.1 Å². The van der Waals surface area contributed by atoms with Crippen LogP contribution in [0, 0.1) is 5.82 Å². The van der Waals surface area contributed by atoms with Gasteiger partial charge in [0.15, 0.2) is 0 Å². The van der Waals surface area contributed by atoms with Crippen molar-refractivity contribution < 1.29 is 9.18 Å². The Hall–Kier alpha value is -3.34. The molecule has 3 aromatic rings. The molecular formula is C20H14FN3O. The Morgan fingerprint density at radius 1 is 0.880 bits per heavy atom. The monoisotopic (exact) mass is 331 g/mol. The van der Waals surface area contributed by atoms with Gasteiger partial charge in [0.05, 0.1) is 23.5 Å². The molecule has 1 aliphatic rings. The quantitative estimate of drug-likeness (QED) is 0.759. The number of hydrogen-bond donors (Lipinski definition) is 1. The summed E-state index contributed by atoms with van der Waals surface area (Å²) in [6.07, 6.45) is 3.56. The van der Waals surface area contributed by atoms with Crippen molar-refractivity contribution in [2.75, 3.05) is 5.32 Å². The van der Waals surface area contributed by atoms with E-state index in [1.54, 1.807) is 24.5 Å². The highest BCUT2D eigenvalue weighted by atomic mass is 19.1. The molecule has 25 heavy (non-hydrogen) atoms. The van der Waals surface area contributed by atoms with Crippen LogP contribution < -0.4 is 5.32 Å². The Kier molecular flexibility index (Phi) is 3.82. The van der Waals surface area contributed by atoms with Gasteiger partial charge in [-0.05, 0) is 53.1 Å². The first kappa shape index (κ1) is 15.2. The number of fused-ring (bicyclic) bond motifs is 1. The van der Waals surface area contributed by atoms with E-state index in [2.05, 4.69) is 15.3 Å². The van der Waals surface area contributed by atoms with Crippen molar-refractivity contribution in [1.82, 2.24) is 4.98 Å². The minimum Gasteiger partial charge on any atom is -0.324 e. The van der Waals surface area contributed by atoms with E-state index in [-0.39, 0.29) is 18.1 Å². The van der Waals surface area contributed by atoms with Crippen LogP contribution in [0.3, 0.4) is 0 Å². The average molecular weight is 331 g/mol. The van der Waals surface area contributed by atoms with Crippen LogP contribution in [0.25, 0.3) is 11.1 Å². The van der Waals surface area contributed by atoms with Gasteiger partial charge in [0.1, 0.15) is 5.82 Å². The first-order valence-corrected chi connectivity index (χ1v) is 7.87. The summed E-state index contributed by atoms with van der Waals surface area (Å²) < 4.78 is 13.1. The highest BCUT2D eigenvalue weighted by molar-refractivity contribution is 6.17. The molecule has 0 unspecified atom stereocenters. The summed E-state index contributed by atoms with van der Waals surface area (Å²) in [5, 5.41) is 2.90. The van der Waals surface area contributed by atoms with Crippen LogP contribution in [-0.2, 0) is 4.79 Å². The van der Waals surface area contributed by atoms with Gasteiger partial charge in [-0.15, -0.1) is 0 Å². The standard InChI is InChI=1S/C20H14FN3O/c21-16-4-1-13(2-5-16)15-3-6-17-19(11-15)24-20(25)12-18(23-17)14-7-9-22-10-8-14/h1-11H,12H2,(H,24,25). The first-order valence-electron chi connectivity index (χ1n) is 7.87. The lowest BCUT2D eigenvalue weighted by Crippen LogP contribution is -2.14. The third-order valence-corrected chi connectivity index (χ3v) is 4.05. The number of carbonyl (C=O) groups is 1. The van der Waals surface area contributed by atoms with E-state index in [0.717, 1.165) is 16.7 Å². The molecular weight excluding hydrogens is 317 g/mol. The number of aliphatic imine (C=N–C) groups is 1. The molecule has 0 radical (unpaired) electrons. The van der Waals surface area contributed by atoms with Crippen molar-refractivity contribution >= 4 is 23.0 Å². The van der Waals surface area contributed by atoms with Crippen LogP contribution in [0.2, 0.25) is 0 Å². The Balaban J connectivity index is 1.77. The fraction of sp³-hybridized carbons (Fsp3) is 0.0500. The number of rotatable bonds is 2. The first-order chi connectivity index (χ1) is 12.2. The van der Waals surface area contributed by atoms with Gasteiger partial charge in [-0.25, -0.2) is 4.39 Å². The summed E-state index contributed by atoms with van der Waals surface area (Å²) in [6.45, 7) is 0. The Bertz CT molecular complexity index is 966. The van der Waals surface area contributed by atoms with Crippen molar-refractivity contribution in [1.29, 1.82) is 0 Å². The number of carbonyl (C=O) groups excluding carboxylic acids is 1. The Labute approximate surface area is 144 Å². The minimum absolute atomic E-state index is 0.120. The second-order valence-electron chi connectivity index (χ2n) is 5.76. The lowest BCUT2D eigenvalue weighted by atomic mass is 10.0. The number of hydrogen-bond acceptors (Lipinski definition) is 3. The smallest absolute Gasteiger partial charge is 0.230 e. The Morgan fingerprint density at radius 3 is 2.36 bits per heavy atom. The molecule has 5 heteroatoms. The van der Waals surface area contributed by atoms with E-state index in [0.29, 0.717) is 17.1 Å². The van der Waals surface area contributed by atoms with Gasteiger partial charge in [-0.3, -0.25) is 14.8 Å². The second kappa shape index (κ2) is 6.28. The van der Waals surface area contributed by atoms with Crippen LogP contribution in [0.1, 0.15) is 12.0 Å². The SMILES string of the molecule is O=C1CC(c2ccncc2)=Nc2ccc(-c3ccc(F)cc3)cc2N1. The average Bonchev–Trinajstić information content (AvgIpc) is 2.80. The molecule has 122 valence electrons. The van der Waals surface area contributed by atoms with Crippen LogP contribution in [-0.4, -0.2) is 16.6 Å². The molecule has 2 heterocycles. The number of aromatic nitrogens is 1. The molecule has 4 nitrogen and oxygen atoms in total. The zero-order valence-corrected chi connectivity index (χ0v) is 13.2. The zero-order valence-electron chi connectivity index (χ0n) is 13.2. The maximum Gasteiger partial charge on any atom is 0.230 e. The van der Waals surface area contributed by atoms with Crippen molar-refractivity contribution in [3.63, 3.8) is 0 Å². The summed E-state index contributed by atoms with van der Waals surface area (Å²) in [7, 11) is 0. The van der Waals surface area contributed by atoms with Crippen LogP contribution in [0.15, 0.2) is 72.0 Å². The van der Waals surface area contributed by atoms with E-state index < -0.39 is 0 Å². The number of anilines is 1. The highest BCUT2D eigenvalue weighted by Gasteiger charge is 2.17. The van der Waals surface area contributed by atoms with Gasteiger partial charge in [-0.1, -0.05) is 18.2 Å². The topological polar surface area (TPSA) is 54.4 Å². The van der Waals surface area contributed by atoms with E-state index in [1.165, 1.54) is 12.1 Å². The van der Waals surface area contributed by atoms with Gasteiger partial charge < -0.3 is 5.32 Å². The molecule has 0 fully saturated rings. The predicted molar refractivity (Wildman–Crippen MR) is 95.5 cm³/mol. The lowest BCUT2D eigenvalue weighted by Gasteiger charge is -2.08. The molecule has 2 aromatic carbocycles. The highest BCUT2D eigenvalue weighted by Crippen LogP contribution is 2.33. The summed E-state index contributed by atoms with van der Waals surface area (Å²) in [5.41, 5.74) is 4.69. The molecule has 1 aliphatic heterocycles. The maximum absolute atomic E-state index is 13.1. The third kappa shape index (κ3) is 3.17. The molecule has 4 rings (SSSR count). The molecule has 1 aromatic heterocycles. The maximum atomic E-state index is 13.1. The van der Waals surface area contributed by atoms with Crippen molar-refractivity contribution in [2.45, 2.75) is 6.42 Å². The largest absolute Gasteiger partial charge is 0.324 e. The lowest BCUT2D eigenvalue weighted by molar-refractivity contribution is -0.115. The molecule has 0 bridgehead atoms.